The molecule has 0 saturated heterocycles. The standard InChI is InChI=1S/C12H5F13N2O2/c13-7(14,6(28)27-26-4-5-2-1-3-29-5)8(15,16)9(17,18)10(19,20)11(21,22)12(23,24)25/h1-4H,(H,27,28)/b26-4-. The molecule has 0 aliphatic rings. The fraction of sp³-hybridized carbons (Fsp3) is 0.500. The lowest BCUT2D eigenvalue weighted by atomic mass is 9.93. The van der Waals surface area contributed by atoms with Crippen molar-refractivity contribution in [1.82, 2.24) is 5.43 Å². The highest BCUT2D eigenvalue weighted by molar-refractivity contribution is 5.86. The van der Waals surface area contributed by atoms with Crippen molar-refractivity contribution in [3.63, 3.8) is 0 Å². The molecule has 1 heterocycles. The van der Waals surface area contributed by atoms with Crippen LogP contribution in [0.1, 0.15) is 5.76 Å². The number of furan rings is 1. The van der Waals surface area contributed by atoms with Gasteiger partial charge in [-0.15, -0.1) is 0 Å². The van der Waals surface area contributed by atoms with E-state index in [9.17, 15) is 61.9 Å². The number of hydrogen-bond donors (Lipinski definition) is 1. The first-order valence-electron chi connectivity index (χ1n) is 6.58. The molecule has 29 heavy (non-hydrogen) atoms. The number of halogens is 13. The summed E-state index contributed by atoms with van der Waals surface area (Å²) < 4.78 is 171. The van der Waals surface area contributed by atoms with Gasteiger partial charge in [0.2, 0.25) is 0 Å². The molecule has 1 aromatic heterocycles. The van der Waals surface area contributed by atoms with Crippen molar-refractivity contribution in [3.05, 3.63) is 24.2 Å². The second kappa shape index (κ2) is 7.08. The third kappa shape index (κ3) is 3.73. The predicted octanol–water partition coefficient (Wildman–Crippen LogP) is 4.47. The van der Waals surface area contributed by atoms with Crippen molar-refractivity contribution in [1.29, 1.82) is 0 Å². The van der Waals surface area contributed by atoms with Gasteiger partial charge in [-0.25, -0.2) is 5.43 Å². The molecule has 0 aliphatic carbocycles. The van der Waals surface area contributed by atoms with Crippen LogP contribution >= 0.6 is 0 Å². The van der Waals surface area contributed by atoms with E-state index in [1.165, 1.54) is 6.07 Å². The molecule has 0 fully saturated rings. The fourth-order valence-electron chi connectivity index (χ4n) is 1.50. The van der Waals surface area contributed by atoms with E-state index in [0.29, 0.717) is 11.6 Å². The van der Waals surface area contributed by atoms with Gasteiger partial charge in [-0.05, 0) is 12.1 Å². The van der Waals surface area contributed by atoms with Gasteiger partial charge < -0.3 is 4.42 Å². The smallest absolute Gasteiger partial charge is 0.460 e. The molecule has 0 aromatic carbocycles. The van der Waals surface area contributed by atoms with Crippen LogP contribution in [0.25, 0.3) is 0 Å². The monoisotopic (exact) mass is 456 g/mol. The third-order valence-corrected chi connectivity index (χ3v) is 3.12. The number of hydrazone groups is 1. The molecule has 1 aromatic rings. The predicted molar refractivity (Wildman–Crippen MR) is 65.2 cm³/mol. The lowest BCUT2D eigenvalue weighted by molar-refractivity contribution is -0.436. The van der Waals surface area contributed by atoms with Crippen molar-refractivity contribution in [2.75, 3.05) is 0 Å². The summed E-state index contributed by atoms with van der Waals surface area (Å²) in [7, 11) is 0. The Kier molecular flexibility index (Phi) is 6.00. The maximum atomic E-state index is 13.4. The number of nitrogens with one attached hydrogen (secondary N) is 1. The number of carbonyl (C=O) groups is 1. The second-order valence-electron chi connectivity index (χ2n) is 5.08. The van der Waals surface area contributed by atoms with E-state index in [4.69, 9.17) is 0 Å². The molecule has 1 amide bonds. The first-order valence-corrected chi connectivity index (χ1v) is 6.58. The maximum Gasteiger partial charge on any atom is 0.460 e. The third-order valence-electron chi connectivity index (χ3n) is 3.12. The molecule has 0 atom stereocenters. The number of hydrogen-bond acceptors (Lipinski definition) is 3. The first kappa shape index (κ1) is 24.5. The molecule has 166 valence electrons. The minimum Gasteiger partial charge on any atom is -0.463 e. The first-order chi connectivity index (χ1) is 12.7. The topological polar surface area (TPSA) is 54.6 Å². The fourth-order valence-corrected chi connectivity index (χ4v) is 1.50. The van der Waals surface area contributed by atoms with E-state index in [0.717, 1.165) is 12.3 Å². The van der Waals surface area contributed by atoms with Crippen LogP contribution in [0.5, 0.6) is 0 Å². The van der Waals surface area contributed by atoms with E-state index in [1.54, 1.807) is 0 Å². The number of amides is 1. The van der Waals surface area contributed by atoms with E-state index < -0.39 is 41.7 Å². The Morgan fingerprint density at radius 3 is 1.72 bits per heavy atom. The summed E-state index contributed by atoms with van der Waals surface area (Å²) in [6, 6.07) is 2.23. The summed E-state index contributed by atoms with van der Waals surface area (Å²) in [6.07, 6.45) is -6.22. The molecule has 0 bridgehead atoms. The molecule has 4 nitrogen and oxygen atoms in total. The van der Waals surface area contributed by atoms with E-state index in [-0.39, 0.29) is 5.76 Å². The van der Waals surface area contributed by atoms with E-state index in [2.05, 4.69) is 9.52 Å². The quantitative estimate of drug-likeness (QED) is 0.374. The Bertz CT molecular complexity index is 752. The van der Waals surface area contributed by atoms with E-state index >= 15 is 0 Å². The molecule has 1 rings (SSSR count). The average Bonchev–Trinajstić information content (AvgIpc) is 3.06. The number of carbonyl (C=O) groups excluding carboxylic acids is 1. The van der Waals surface area contributed by atoms with Crippen molar-refractivity contribution >= 4 is 12.1 Å². The highest BCUT2D eigenvalue weighted by atomic mass is 19.4. The van der Waals surface area contributed by atoms with Gasteiger partial charge in [-0.2, -0.15) is 62.2 Å². The molecular formula is C12H5F13N2O2. The summed E-state index contributed by atoms with van der Waals surface area (Å²) in [5.41, 5.74) is 0.512. The van der Waals surface area contributed by atoms with Gasteiger partial charge in [0.25, 0.3) is 0 Å². The Hall–Kier alpha value is -2.49. The normalized spacial score (nSPS) is 15.1. The summed E-state index contributed by atoms with van der Waals surface area (Å²) >= 11 is 0. The van der Waals surface area contributed by atoms with Gasteiger partial charge >= 0.3 is 41.7 Å². The number of nitrogens with zero attached hydrogens (tertiary/aromatic N) is 1. The lowest BCUT2D eigenvalue weighted by Gasteiger charge is -2.38. The Labute approximate surface area is 150 Å². The summed E-state index contributed by atoms with van der Waals surface area (Å²) in [6.45, 7) is 0. The molecule has 1 N–H and O–H groups in total. The van der Waals surface area contributed by atoms with Crippen LogP contribution in [0, 0.1) is 0 Å². The van der Waals surface area contributed by atoms with Crippen molar-refractivity contribution < 1.29 is 66.3 Å². The van der Waals surface area contributed by atoms with Gasteiger partial charge in [-0.3, -0.25) is 4.79 Å². The van der Waals surface area contributed by atoms with Crippen LogP contribution in [0.15, 0.2) is 27.9 Å². The molecule has 0 radical (unpaired) electrons. The Morgan fingerprint density at radius 2 is 1.31 bits per heavy atom. The second-order valence-corrected chi connectivity index (χ2v) is 5.08. The average molecular weight is 456 g/mol. The highest BCUT2D eigenvalue weighted by Crippen LogP contribution is 2.60. The Morgan fingerprint density at radius 1 is 0.828 bits per heavy atom. The van der Waals surface area contributed by atoms with Gasteiger partial charge in [0.15, 0.2) is 0 Å². The minimum atomic E-state index is -8.08. The van der Waals surface area contributed by atoms with Gasteiger partial charge in [0.1, 0.15) is 5.76 Å². The zero-order valence-electron chi connectivity index (χ0n) is 13.0. The van der Waals surface area contributed by atoms with Crippen LogP contribution < -0.4 is 5.43 Å². The summed E-state index contributed by atoms with van der Waals surface area (Å²) in [4.78, 5) is 11.0. The van der Waals surface area contributed by atoms with Crippen molar-refractivity contribution in [2.45, 2.75) is 35.8 Å². The van der Waals surface area contributed by atoms with Crippen LogP contribution in [0.3, 0.4) is 0 Å². The molecule has 17 heteroatoms. The number of alkyl halides is 13. The minimum absolute atomic E-state index is 0.318. The number of rotatable bonds is 7. The largest absolute Gasteiger partial charge is 0.463 e. The maximum absolute atomic E-state index is 13.4. The summed E-state index contributed by atoms with van der Waals surface area (Å²) in [5, 5.41) is 2.53. The van der Waals surface area contributed by atoms with Crippen LogP contribution in [-0.2, 0) is 4.79 Å². The highest BCUT2D eigenvalue weighted by Gasteiger charge is 2.91. The van der Waals surface area contributed by atoms with Crippen LogP contribution in [-0.4, -0.2) is 47.9 Å². The van der Waals surface area contributed by atoms with Crippen molar-refractivity contribution in [3.8, 4) is 0 Å². The lowest BCUT2D eigenvalue weighted by Crippen LogP contribution is -2.71. The zero-order chi connectivity index (χ0) is 23.1. The molecular weight excluding hydrogens is 451 g/mol. The summed E-state index contributed by atoms with van der Waals surface area (Å²) in [5.74, 6) is -42.5. The van der Waals surface area contributed by atoms with E-state index in [1.807, 2.05) is 0 Å². The van der Waals surface area contributed by atoms with Gasteiger partial charge in [-0.1, -0.05) is 0 Å². The molecule has 0 unspecified atom stereocenters. The molecule has 0 aliphatic heterocycles. The SMILES string of the molecule is O=C(N/N=C\c1ccco1)C(F)(F)C(F)(F)C(F)(F)C(F)(F)C(F)(F)C(F)(F)F. The molecule has 0 saturated carbocycles. The van der Waals surface area contributed by atoms with Crippen molar-refractivity contribution in [2.24, 2.45) is 5.10 Å². The van der Waals surface area contributed by atoms with Crippen LogP contribution in [0.2, 0.25) is 0 Å². The zero-order valence-corrected chi connectivity index (χ0v) is 13.0. The van der Waals surface area contributed by atoms with Gasteiger partial charge in [0, 0.05) is 0 Å². The Balaban J connectivity index is 3.25. The van der Waals surface area contributed by atoms with Crippen LogP contribution in [0.4, 0.5) is 57.1 Å². The molecule has 0 spiro atoms. The van der Waals surface area contributed by atoms with Gasteiger partial charge in [0.05, 0.1) is 12.5 Å².